The molecular formula is C15H31N5. The third-order valence-corrected chi connectivity index (χ3v) is 3.59. The van der Waals surface area contributed by atoms with Gasteiger partial charge >= 0.3 is 0 Å². The summed E-state index contributed by atoms with van der Waals surface area (Å²) in [5.41, 5.74) is 1.02. The number of nitrogens with one attached hydrogen (secondary N) is 1. The van der Waals surface area contributed by atoms with Gasteiger partial charge in [0.15, 0.2) is 0 Å². The summed E-state index contributed by atoms with van der Waals surface area (Å²) in [7, 11) is 2.18. The first-order chi connectivity index (χ1) is 9.52. The van der Waals surface area contributed by atoms with E-state index in [1.807, 2.05) is 10.9 Å². The first-order valence-electron chi connectivity index (χ1n) is 7.82. The lowest BCUT2D eigenvalue weighted by atomic mass is 10.2. The molecule has 5 nitrogen and oxygen atoms in total. The summed E-state index contributed by atoms with van der Waals surface area (Å²) in [6.07, 6.45) is 4.53. The van der Waals surface area contributed by atoms with Crippen molar-refractivity contribution in [3.8, 4) is 0 Å². The zero-order valence-corrected chi connectivity index (χ0v) is 13.8. The zero-order chi connectivity index (χ0) is 15.0. The number of likely N-dealkylation sites (N-methyl/N-ethyl adjacent to an activating group) is 1. The van der Waals surface area contributed by atoms with Crippen molar-refractivity contribution in [2.75, 3.05) is 20.1 Å². The van der Waals surface area contributed by atoms with Gasteiger partial charge in [0.1, 0.15) is 0 Å². The molecular weight excluding hydrogens is 250 g/mol. The highest BCUT2D eigenvalue weighted by Crippen LogP contribution is 2.04. The molecule has 0 saturated carbocycles. The van der Waals surface area contributed by atoms with E-state index in [1.54, 1.807) is 0 Å². The molecule has 116 valence electrons. The van der Waals surface area contributed by atoms with Crippen LogP contribution in [0.25, 0.3) is 0 Å². The molecule has 5 heteroatoms. The van der Waals surface area contributed by atoms with Crippen molar-refractivity contribution in [1.82, 2.24) is 25.2 Å². The molecule has 1 aromatic rings. The first-order valence-corrected chi connectivity index (χ1v) is 7.82. The Kier molecular flexibility index (Phi) is 7.77. The standard InChI is InChI=1S/C15H31N5/c1-6-7-14(4)19(5)8-9-20-12-15(17-18-20)11-16-10-13(2)3/h12-14,16H,6-11H2,1-5H3. The number of hydrogen-bond acceptors (Lipinski definition) is 4. The Bertz CT molecular complexity index is 361. The molecule has 1 heterocycles. The van der Waals surface area contributed by atoms with E-state index in [9.17, 15) is 0 Å². The van der Waals surface area contributed by atoms with E-state index >= 15 is 0 Å². The largest absolute Gasteiger partial charge is 0.311 e. The summed E-state index contributed by atoms with van der Waals surface area (Å²) in [5.74, 6) is 0.666. The van der Waals surface area contributed by atoms with Gasteiger partial charge in [0.2, 0.25) is 0 Å². The zero-order valence-electron chi connectivity index (χ0n) is 13.8. The van der Waals surface area contributed by atoms with Gasteiger partial charge in [0.05, 0.1) is 12.2 Å². The summed E-state index contributed by atoms with van der Waals surface area (Å²) in [6, 6.07) is 0.635. The third-order valence-electron chi connectivity index (χ3n) is 3.59. The molecule has 1 unspecified atom stereocenters. The Morgan fingerprint density at radius 2 is 2.10 bits per heavy atom. The SMILES string of the molecule is CCCC(C)N(C)CCn1cc(CNCC(C)C)nn1. The molecule has 0 aromatic carbocycles. The van der Waals surface area contributed by atoms with Gasteiger partial charge < -0.3 is 10.2 Å². The molecule has 1 N–H and O–H groups in total. The summed E-state index contributed by atoms with van der Waals surface area (Å²) in [5, 5.41) is 11.8. The van der Waals surface area contributed by atoms with E-state index in [0.29, 0.717) is 12.0 Å². The van der Waals surface area contributed by atoms with Crippen molar-refractivity contribution < 1.29 is 0 Å². The van der Waals surface area contributed by atoms with Gasteiger partial charge in [-0.05, 0) is 32.9 Å². The van der Waals surface area contributed by atoms with Crippen LogP contribution in [0.3, 0.4) is 0 Å². The minimum absolute atomic E-state index is 0.635. The summed E-state index contributed by atoms with van der Waals surface area (Å²) in [4.78, 5) is 2.39. The molecule has 0 bridgehead atoms. The average Bonchev–Trinajstić information content (AvgIpc) is 2.83. The van der Waals surface area contributed by atoms with Crippen LogP contribution in [0.4, 0.5) is 0 Å². The fourth-order valence-electron chi connectivity index (χ4n) is 2.14. The van der Waals surface area contributed by atoms with Gasteiger partial charge in [-0.15, -0.1) is 5.10 Å². The van der Waals surface area contributed by atoms with Crippen molar-refractivity contribution in [2.45, 2.75) is 59.7 Å². The Morgan fingerprint density at radius 1 is 1.35 bits per heavy atom. The molecule has 0 fully saturated rings. The second-order valence-electron chi connectivity index (χ2n) is 6.12. The second-order valence-corrected chi connectivity index (χ2v) is 6.12. The molecule has 0 aliphatic heterocycles. The lowest BCUT2D eigenvalue weighted by Crippen LogP contribution is -2.32. The van der Waals surface area contributed by atoms with Crippen LogP contribution in [0.5, 0.6) is 0 Å². The van der Waals surface area contributed by atoms with Crippen LogP contribution in [-0.4, -0.2) is 46.1 Å². The van der Waals surface area contributed by atoms with Gasteiger partial charge in [0.25, 0.3) is 0 Å². The number of nitrogens with zero attached hydrogens (tertiary/aromatic N) is 4. The first kappa shape index (κ1) is 17.1. The Labute approximate surface area is 123 Å². The topological polar surface area (TPSA) is 46.0 Å². The van der Waals surface area contributed by atoms with Crippen LogP contribution in [0.1, 0.15) is 46.2 Å². The highest BCUT2D eigenvalue weighted by molar-refractivity contribution is 4.91. The smallest absolute Gasteiger partial charge is 0.0964 e. The Balaban J connectivity index is 2.29. The number of rotatable bonds is 10. The predicted octanol–water partition coefficient (Wildman–Crippen LogP) is 2.14. The van der Waals surface area contributed by atoms with Crippen LogP contribution in [0, 0.1) is 5.92 Å². The van der Waals surface area contributed by atoms with Gasteiger partial charge in [-0.2, -0.15) is 0 Å². The summed E-state index contributed by atoms with van der Waals surface area (Å²) in [6.45, 7) is 12.7. The number of aromatic nitrogens is 3. The molecule has 1 rings (SSSR count). The fourth-order valence-corrected chi connectivity index (χ4v) is 2.14. The normalized spacial score (nSPS) is 13.3. The highest BCUT2D eigenvalue weighted by atomic mass is 15.4. The molecule has 0 aliphatic rings. The van der Waals surface area contributed by atoms with Gasteiger partial charge in [-0.3, -0.25) is 4.68 Å². The summed E-state index contributed by atoms with van der Waals surface area (Å²) >= 11 is 0. The van der Waals surface area contributed by atoms with Crippen LogP contribution < -0.4 is 5.32 Å². The molecule has 1 aromatic heterocycles. The van der Waals surface area contributed by atoms with Gasteiger partial charge in [-0.25, -0.2) is 0 Å². The van der Waals surface area contributed by atoms with Crippen LogP contribution >= 0.6 is 0 Å². The van der Waals surface area contributed by atoms with E-state index in [2.05, 4.69) is 55.3 Å². The van der Waals surface area contributed by atoms with Crippen molar-refractivity contribution >= 4 is 0 Å². The van der Waals surface area contributed by atoms with E-state index in [4.69, 9.17) is 0 Å². The quantitative estimate of drug-likeness (QED) is 0.714. The molecule has 0 spiro atoms. The molecule has 0 amide bonds. The minimum atomic E-state index is 0.635. The van der Waals surface area contributed by atoms with Crippen molar-refractivity contribution in [2.24, 2.45) is 5.92 Å². The van der Waals surface area contributed by atoms with E-state index < -0.39 is 0 Å². The molecule has 0 saturated heterocycles. The van der Waals surface area contributed by atoms with Crippen LogP contribution in [0.15, 0.2) is 6.20 Å². The summed E-state index contributed by atoms with van der Waals surface area (Å²) < 4.78 is 1.95. The van der Waals surface area contributed by atoms with Gasteiger partial charge in [0, 0.05) is 25.3 Å². The highest BCUT2D eigenvalue weighted by Gasteiger charge is 2.08. The van der Waals surface area contributed by atoms with Crippen LogP contribution in [-0.2, 0) is 13.1 Å². The minimum Gasteiger partial charge on any atom is -0.311 e. The maximum atomic E-state index is 4.20. The average molecular weight is 281 g/mol. The third kappa shape index (κ3) is 6.48. The van der Waals surface area contributed by atoms with Gasteiger partial charge in [-0.1, -0.05) is 32.4 Å². The van der Waals surface area contributed by atoms with E-state index in [0.717, 1.165) is 31.9 Å². The maximum absolute atomic E-state index is 4.20. The van der Waals surface area contributed by atoms with E-state index in [-0.39, 0.29) is 0 Å². The lowest BCUT2D eigenvalue weighted by Gasteiger charge is -2.23. The number of hydrogen-bond donors (Lipinski definition) is 1. The van der Waals surface area contributed by atoms with Crippen LogP contribution in [0.2, 0.25) is 0 Å². The fraction of sp³-hybridized carbons (Fsp3) is 0.867. The Morgan fingerprint density at radius 3 is 2.75 bits per heavy atom. The van der Waals surface area contributed by atoms with Crippen molar-refractivity contribution in [3.63, 3.8) is 0 Å². The van der Waals surface area contributed by atoms with Crippen molar-refractivity contribution in [3.05, 3.63) is 11.9 Å². The lowest BCUT2D eigenvalue weighted by molar-refractivity contribution is 0.232. The second kappa shape index (κ2) is 9.08. The molecule has 0 aliphatic carbocycles. The Hall–Kier alpha value is -0.940. The molecule has 20 heavy (non-hydrogen) atoms. The monoisotopic (exact) mass is 281 g/mol. The van der Waals surface area contributed by atoms with E-state index in [1.165, 1.54) is 12.8 Å². The maximum Gasteiger partial charge on any atom is 0.0964 e. The molecule has 0 radical (unpaired) electrons. The predicted molar refractivity (Wildman–Crippen MR) is 83.6 cm³/mol. The van der Waals surface area contributed by atoms with Crippen molar-refractivity contribution in [1.29, 1.82) is 0 Å². The molecule has 1 atom stereocenters.